The van der Waals surface area contributed by atoms with Crippen LogP contribution in [0.2, 0.25) is 0 Å². The second-order valence-corrected chi connectivity index (χ2v) is 5.70. The molecule has 19 heavy (non-hydrogen) atoms. The van der Waals surface area contributed by atoms with Crippen LogP contribution in [0.25, 0.3) is 0 Å². The number of oxime groups is 1. The summed E-state index contributed by atoms with van der Waals surface area (Å²) in [7, 11) is 0. The van der Waals surface area contributed by atoms with Crippen LogP contribution >= 0.6 is 0 Å². The molecule has 0 unspecified atom stereocenters. The maximum absolute atomic E-state index is 11.7. The Kier molecular flexibility index (Phi) is 4.92. The van der Waals surface area contributed by atoms with Crippen LogP contribution in [0.1, 0.15) is 38.3 Å². The van der Waals surface area contributed by atoms with Crippen LogP contribution < -0.4 is 11.1 Å². The van der Waals surface area contributed by atoms with Gasteiger partial charge < -0.3 is 16.3 Å². The number of carbonyl (C=O) groups is 1. The van der Waals surface area contributed by atoms with Gasteiger partial charge in [0.25, 0.3) is 0 Å². The first-order chi connectivity index (χ1) is 8.81. The molecule has 5 heteroatoms. The van der Waals surface area contributed by atoms with Crippen molar-refractivity contribution >= 4 is 11.7 Å². The molecule has 0 radical (unpaired) electrons. The molecule has 0 aromatic heterocycles. The third kappa shape index (κ3) is 5.42. The number of amides is 1. The zero-order valence-corrected chi connectivity index (χ0v) is 11.6. The van der Waals surface area contributed by atoms with Crippen LogP contribution in [0.5, 0.6) is 0 Å². The molecule has 4 N–H and O–H groups in total. The fourth-order valence-corrected chi connectivity index (χ4v) is 1.60. The summed E-state index contributed by atoms with van der Waals surface area (Å²) in [5.74, 6) is 0.108. The number of amidine groups is 1. The topological polar surface area (TPSA) is 87.7 Å². The monoisotopic (exact) mass is 263 g/mol. The van der Waals surface area contributed by atoms with Gasteiger partial charge in [0.15, 0.2) is 5.84 Å². The molecule has 1 aromatic carbocycles. The largest absolute Gasteiger partial charge is 0.409 e. The Labute approximate surface area is 113 Å². The predicted octanol–water partition coefficient (Wildman–Crippen LogP) is 1.83. The molecule has 0 aliphatic rings. The smallest absolute Gasteiger partial charge is 0.220 e. The van der Waals surface area contributed by atoms with Crippen molar-refractivity contribution < 1.29 is 10.0 Å². The Hall–Kier alpha value is -2.04. The van der Waals surface area contributed by atoms with E-state index >= 15 is 0 Å². The average molecular weight is 263 g/mol. The lowest BCUT2D eigenvalue weighted by atomic mass is 9.92. The Morgan fingerprint density at radius 3 is 2.37 bits per heavy atom. The van der Waals surface area contributed by atoms with Crippen molar-refractivity contribution in [2.75, 3.05) is 0 Å². The van der Waals surface area contributed by atoms with Gasteiger partial charge in [-0.2, -0.15) is 0 Å². The second-order valence-electron chi connectivity index (χ2n) is 5.70. The van der Waals surface area contributed by atoms with E-state index in [2.05, 4.69) is 10.5 Å². The Bertz CT molecular complexity index is 459. The van der Waals surface area contributed by atoms with Crippen LogP contribution in [0.4, 0.5) is 0 Å². The van der Waals surface area contributed by atoms with Crippen molar-refractivity contribution in [2.24, 2.45) is 16.3 Å². The van der Waals surface area contributed by atoms with E-state index in [1.807, 2.05) is 32.9 Å². The van der Waals surface area contributed by atoms with Crippen molar-refractivity contribution in [1.82, 2.24) is 5.32 Å². The highest BCUT2D eigenvalue weighted by atomic mass is 16.4. The predicted molar refractivity (Wildman–Crippen MR) is 74.9 cm³/mol. The lowest BCUT2D eigenvalue weighted by Gasteiger charge is -2.17. The average Bonchev–Trinajstić information content (AvgIpc) is 2.34. The Balaban J connectivity index is 2.53. The van der Waals surface area contributed by atoms with Crippen molar-refractivity contribution in [3.63, 3.8) is 0 Å². The van der Waals surface area contributed by atoms with E-state index in [0.29, 0.717) is 18.5 Å². The second kappa shape index (κ2) is 6.22. The first kappa shape index (κ1) is 15.0. The first-order valence-electron chi connectivity index (χ1n) is 6.15. The van der Waals surface area contributed by atoms with Gasteiger partial charge in [-0.3, -0.25) is 4.79 Å². The number of hydrogen-bond acceptors (Lipinski definition) is 3. The minimum Gasteiger partial charge on any atom is -0.409 e. The third-order valence-electron chi connectivity index (χ3n) is 2.54. The molecule has 0 saturated heterocycles. The minimum atomic E-state index is -0.0139. The summed E-state index contributed by atoms with van der Waals surface area (Å²) in [6.45, 7) is 6.56. The summed E-state index contributed by atoms with van der Waals surface area (Å²) in [6.07, 6.45) is 0.495. The molecule has 104 valence electrons. The van der Waals surface area contributed by atoms with E-state index in [1.54, 1.807) is 12.1 Å². The number of hydrogen-bond donors (Lipinski definition) is 3. The standard InChI is InChI=1S/C14H21N3O2/c1-14(2,3)8-12(18)16-9-10-4-6-11(7-5-10)13(15)17-19/h4-7,19H,8-9H2,1-3H3,(H2,15,17)(H,16,18). The van der Waals surface area contributed by atoms with Crippen LogP contribution in [-0.4, -0.2) is 17.0 Å². The molecule has 0 saturated carbocycles. The maximum atomic E-state index is 11.7. The van der Waals surface area contributed by atoms with E-state index in [0.717, 1.165) is 5.56 Å². The van der Waals surface area contributed by atoms with Crippen LogP contribution in [0, 0.1) is 5.41 Å². The van der Waals surface area contributed by atoms with E-state index in [4.69, 9.17) is 10.9 Å². The fraction of sp³-hybridized carbons (Fsp3) is 0.429. The number of rotatable bonds is 4. The highest BCUT2D eigenvalue weighted by Gasteiger charge is 2.15. The molecule has 1 amide bonds. The van der Waals surface area contributed by atoms with Gasteiger partial charge in [-0.25, -0.2) is 0 Å². The molecule has 0 aliphatic carbocycles. The summed E-state index contributed by atoms with van der Waals surface area (Å²) in [5.41, 5.74) is 7.07. The molecule has 0 spiro atoms. The summed E-state index contributed by atoms with van der Waals surface area (Å²) < 4.78 is 0. The SMILES string of the molecule is CC(C)(C)CC(=O)NCc1ccc(C(N)=NO)cc1. The molecule has 0 fully saturated rings. The summed E-state index contributed by atoms with van der Waals surface area (Å²) in [4.78, 5) is 11.7. The van der Waals surface area contributed by atoms with Gasteiger partial charge in [0.05, 0.1) is 0 Å². The number of benzene rings is 1. The van der Waals surface area contributed by atoms with Crippen LogP contribution in [0.3, 0.4) is 0 Å². The number of nitrogens with zero attached hydrogens (tertiary/aromatic N) is 1. The Morgan fingerprint density at radius 2 is 1.89 bits per heavy atom. The van der Waals surface area contributed by atoms with Crippen molar-refractivity contribution in [3.05, 3.63) is 35.4 Å². The van der Waals surface area contributed by atoms with Gasteiger partial charge in [0.1, 0.15) is 0 Å². The lowest BCUT2D eigenvalue weighted by Crippen LogP contribution is -2.27. The van der Waals surface area contributed by atoms with E-state index < -0.39 is 0 Å². The van der Waals surface area contributed by atoms with Crippen molar-refractivity contribution in [3.8, 4) is 0 Å². The third-order valence-corrected chi connectivity index (χ3v) is 2.54. The van der Waals surface area contributed by atoms with Gasteiger partial charge in [0.2, 0.25) is 5.91 Å². The summed E-state index contributed by atoms with van der Waals surface area (Å²) in [6, 6.07) is 7.18. The first-order valence-corrected chi connectivity index (χ1v) is 6.15. The molecule has 5 nitrogen and oxygen atoms in total. The minimum absolute atomic E-state index is 0.0139. The molecule has 1 rings (SSSR count). The van der Waals surface area contributed by atoms with E-state index in [1.165, 1.54) is 0 Å². The van der Waals surface area contributed by atoms with E-state index in [-0.39, 0.29) is 17.2 Å². The van der Waals surface area contributed by atoms with Crippen LogP contribution in [0.15, 0.2) is 29.4 Å². The van der Waals surface area contributed by atoms with E-state index in [9.17, 15) is 4.79 Å². The maximum Gasteiger partial charge on any atom is 0.220 e. The van der Waals surface area contributed by atoms with Gasteiger partial charge in [-0.15, -0.1) is 0 Å². The summed E-state index contributed by atoms with van der Waals surface area (Å²) in [5, 5.41) is 14.3. The molecular weight excluding hydrogens is 242 g/mol. The molecule has 1 aromatic rings. The summed E-state index contributed by atoms with van der Waals surface area (Å²) >= 11 is 0. The molecule has 0 bridgehead atoms. The Morgan fingerprint density at radius 1 is 1.32 bits per heavy atom. The lowest BCUT2D eigenvalue weighted by molar-refractivity contribution is -0.122. The fourth-order valence-electron chi connectivity index (χ4n) is 1.60. The zero-order valence-electron chi connectivity index (χ0n) is 11.6. The highest BCUT2D eigenvalue weighted by Crippen LogP contribution is 2.17. The molecule has 0 aliphatic heterocycles. The molecule has 0 heterocycles. The normalized spacial score (nSPS) is 12.3. The number of nitrogens with one attached hydrogen (secondary N) is 1. The molecule has 0 atom stereocenters. The highest BCUT2D eigenvalue weighted by molar-refractivity contribution is 5.96. The molecular formula is C14H21N3O2. The van der Waals surface area contributed by atoms with Gasteiger partial charge in [0, 0.05) is 18.5 Å². The van der Waals surface area contributed by atoms with Crippen molar-refractivity contribution in [2.45, 2.75) is 33.7 Å². The van der Waals surface area contributed by atoms with Gasteiger partial charge in [-0.05, 0) is 11.0 Å². The zero-order chi connectivity index (χ0) is 14.5. The van der Waals surface area contributed by atoms with Crippen LogP contribution in [-0.2, 0) is 11.3 Å². The van der Waals surface area contributed by atoms with Gasteiger partial charge in [-0.1, -0.05) is 50.2 Å². The van der Waals surface area contributed by atoms with Crippen molar-refractivity contribution in [1.29, 1.82) is 0 Å². The van der Waals surface area contributed by atoms with Gasteiger partial charge >= 0.3 is 0 Å². The quantitative estimate of drug-likeness (QED) is 0.335. The number of nitrogens with two attached hydrogens (primary N) is 1. The number of carbonyl (C=O) groups excluding carboxylic acids is 1.